The van der Waals surface area contributed by atoms with Gasteiger partial charge in [-0.1, -0.05) is 15.9 Å². The Kier molecular flexibility index (Phi) is 4.76. The molecular weight excluding hydrogens is 332 g/mol. The number of hydrogen-bond donors (Lipinski definition) is 0. The molecule has 0 N–H and O–H groups in total. The van der Waals surface area contributed by atoms with Gasteiger partial charge >= 0.3 is 0 Å². The third-order valence-corrected chi connectivity index (χ3v) is 3.82. The molecule has 0 aliphatic heterocycles. The average Bonchev–Trinajstić information content (AvgIpc) is 2.96. The number of amides is 1. The highest BCUT2D eigenvalue weighted by molar-refractivity contribution is 9.10. The Morgan fingerprint density at radius 2 is 2.14 bits per heavy atom. The van der Waals surface area contributed by atoms with Crippen LogP contribution in [-0.2, 0) is 0 Å². The van der Waals surface area contributed by atoms with E-state index in [-0.39, 0.29) is 11.9 Å². The molecule has 6 heteroatoms. The van der Waals surface area contributed by atoms with Gasteiger partial charge in [-0.25, -0.2) is 4.68 Å². The lowest BCUT2D eigenvalue weighted by molar-refractivity contribution is 0.0746. The van der Waals surface area contributed by atoms with Crippen LogP contribution < -0.4 is 0 Å². The first-order valence-corrected chi connectivity index (χ1v) is 7.27. The van der Waals surface area contributed by atoms with Gasteiger partial charge in [0.2, 0.25) is 0 Å². The zero-order valence-corrected chi connectivity index (χ0v) is 13.4. The van der Waals surface area contributed by atoms with E-state index in [4.69, 9.17) is 5.26 Å². The summed E-state index contributed by atoms with van der Waals surface area (Å²) in [7, 11) is 1.70. The zero-order chi connectivity index (χ0) is 15.4. The number of nitrogens with zero attached hydrogens (tertiary/aromatic N) is 4. The fourth-order valence-electron chi connectivity index (χ4n) is 1.84. The highest BCUT2D eigenvalue weighted by Gasteiger charge is 2.18. The Morgan fingerprint density at radius 1 is 1.48 bits per heavy atom. The topological polar surface area (TPSA) is 61.9 Å². The van der Waals surface area contributed by atoms with Gasteiger partial charge in [0.15, 0.2) is 0 Å². The standard InChI is InChI=1S/C15H15BrN4O/c1-11(7-8-17)19(2)15(21)12-9-18-20(10-12)14-5-3-13(16)4-6-14/h3-6,9-11H,7H2,1-2H3. The normalized spacial score (nSPS) is 11.7. The lowest BCUT2D eigenvalue weighted by Gasteiger charge is -2.22. The van der Waals surface area contributed by atoms with Crippen LogP contribution in [0.2, 0.25) is 0 Å². The van der Waals surface area contributed by atoms with Gasteiger partial charge in [-0.15, -0.1) is 0 Å². The number of halogens is 1. The second kappa shape index (κ2) is 6.55. The molecule has 1 unspecified atom stereocenters. The van der Waals surface area contributed by atoms with Crippen LogP contribution in [0.4, 0.5) is 0 Å². The van der Waals surface area contributed by atoms with Crippen LogP contribution in [0.15, 0.2) is 41.1 Å². The lowest BCUT2D eigenvalue weighted by Crippen LogP contribution is -2.34. The first-order valence-electron chi connectivity index (χ1n) is 6.47. The van der Waals surface area contributed by atoms with Gasteiger partial charge in [0, 0.05) is 23.8 Å². The number of nitriles is 1. The van der Waals surface area contributed by atoms with E-state index in [0.717, 1.165) is 10.2 Å². The number of hydrogen-bond acceptors (Lipinski definition) is 3. The fourth-order valence-corrected chi connectivity index (χ4v) is 2.11. The molecule has 0 aliphatic rings. The first-order chi connectivity index (χ1) is 10.0. The van der Waals surface area contributed by atoms with Crippen LogP contribution >= 0.6 is 15.9 Å². The monoisotopic (exact) mass is 346 g/mol. The number of rotatable bonds is 4. The van der Waals surface area contributed by atoms with Gasteiger partial charge in [-0.3, -0.25) is 4.79 Å². The molecule has 1 aromatic heterocycles. The predicted octanol–water partition coefficient (Wildman–Crippen LogP) is 3.01. The molecule has 0 bridgehead atoms. The molecule has 108 valence electrons. The van der Waals surface area contributed by atoms with E-state index in [1.54, 1.807) is 29.0 Å². The number of carbonyl (C=O) groups excluding carboxylic acids is 1. The molecule has 2 aromatic rings. The second-order valence-corrected chi connectivity index (χ2v) is 5.69. The minimum Gasteiger partial charge on any atom is -0.338 e. The van der Waals surface area contributed by atoms with Crippen molar-refractivity contribution in [3.05, 3.63) is 46.7 Å². The summed E-state index contributed by atoms with van der Waals surface area (Å²) in [6.45, 7) is 1.85. The summed E-state index contributed by atoms with van der Waals surface area (Å²) < 4.78 is 2.64. The molecule has 0 saturated carbocycles. The molecule has 0 radical (unpaired) electrons. The highest BCUT2D eigenvalue weighted by Crippen LogP contribution is 2.15. The Morgan fingerprint density at radius 3 is 2.76 bits per heavy atom. The highest BCUT2D eigenvalue weighted by atomic mass is 79.9. The molecule has 1 amide bonds. The summed E-state index contributed by atoms with van der Waals surface area (Å²) in [5.41, 5.74) is 1.38. The van der Waals surface area contributed by atoms with Crippen molar-refractivity contribution in [2.45, 2.75) is 19.4 Å². The molecule has 0 fully saturated rings. The van der Waals surface area contributed by atoms with Crippen molar-refractivity contribution in [3.63, 3.8) is 0 Å². The minimum atomic E-state index is -0.138. The predicted molar refractivity (Wildman–Crippen MR) is 83.0 cm³/mol. The van der Waals surface area contributed by atoms with E-state index in [1.807, 2.05) is 31.2 Å². The Balaban J connectivity index is 2.18. The van der Waals surface area contributed by atoms with E-state index in [0.29, 0.717) is 12.0 Å². The van der Waals surface area contributed by atoms with Gasteiger partial charge in [0.05, 0.1) is 29.9 Å². The maximum Gasteiger partial charge on any atom is 0.257 e. The van der Waals surface area contributed by atoms with Crippen molar-refractivity contribution in [1.82, 2.24) is 14.7 Å². The third-order valence-electron chi connectivity index (χ3n) is 3.29. The van der Waals surface area contributed by atoms with Crippen LogP contribution in [0.1, 0.15) is 23.7 Å². The molecule has 0 spiro atoms. The minimum absolute atomic E-state index is 0.126. The molecule has 0 saturated heterocycles. The van der Waals surface area contributed by atoms with Gasteiger partial charge in [0.1, 0.15) is 0 Å². The van der Waals surface area contributed by atoms with E-state index in [1.165, 1.54) is 0 Å². The smallest absolute Gasteiger partial charge is 0.257 e. The van der Waals surface area contributed by atoms with E-state index >= 15 is 0 Å². The molecule has 1 aromatic carbocycles. The van der Waals surface area contributed by atoms with E-state index in [9.17, 15) is 4.79 Å². The number of aromatic nitrogens is 2. The average molecular weight is 347 g/mol. The SMILES string of the molecule is CC(CC#N)N(C)C(=O)c1cnn(-c2ccc(Br)cc2)c1. The van der Waals surface area contributed by atoms with E-state index < -0.39 is 0 Å². The van der Waals surface area contributed by atoms with E-state index in [2.05, 4.69) is 27.1 Å². The van der Waals surface area contributed by atoms with Crippen LogP contribution in [0, 0.1) is 11.3 Å². The first kappa shape index (κ1) is 15.3. The maximum atomic E-state index is 12.3. The molecule has 1 heterocycles. The Labute approximate surface area is 131 Å². The summed E-state index contributed by atoms with van der Waals surface area (Å²) in [5, 5.41) is 12.9. The van der Waals surface area contributed by atoms with Gasteiger partial charge in [-0.2, -0.15) is 10.4 Å². The molecule has 5 nitrogen and oxygen atoms in total. The Bertz CT molecular complexity index is 672. The summed E-state index contributed by atoms with van der Waals surface area (Å²) >= 11 is 3.38. The van der Waals surface area contributed by atoms with Gasteiger partial charge in [-0.05, 0) is 31.2 Å². The van der Waals surface area contributed by atoms with Crippen LogP contribution in [0.3, 0.4) is 0 Å². The van der Waals surface area contributed by atoms with Crippen molar-refractivity contribution in [2.75, 3.05) is 7.05 Å². The van der Waals surface area contributed by atoms with Crippen LogP contribution in [0.5, 0.6) is 0 Å². The van der Waals surface area contributed by atoms with Crippen LogP contribution in [0.25, 0.3) is 5.69 Å². The zero-order valence-electron chi connectivity index (χ0n) is 11.8. The van der Waals surface area contributed by atoms with Gasteiger partial charge < -0.3 is 4.90 Å². The maximum absolute atomic E-state index is 12.3. The van der Waals surface area contributed by atoms with Crippen molar-refractivity contribution in [3.8, 4) is 11.8 Å². The lowest BCUT2D eigenvalue weighted by atomic mass is 10.2. The van der Waals surface area contributed by atoms with Crippen molar-refractivity contribution < 1.29 is 4.79 Å². The molecule has 1 atom stereocenters. The fraction of sp³-hybridized carbons (Fsp3) is 0.267. The molecule has 21 heavy (non-hydrogen) atoms. The van der Waals surface area contributed by atoms with Crippen LogP contribution in [-0.4, -0.2) is 33.7 Å². The second-order valence-electron chi connectivity index (χ2n) is 4.78. The van der Waals surface area contributed by atoms with Gasteiger partial charge in [0.25, 0.3) is 5.91 Å². The van der Waals surface area contributed by atoms with Crippen molar-refractivity contribution in [1.29, 1.82) is 5.26 Å². The molecule has 0 aliphatic carbocycles. The summed E-state index contributed by atoms with van der Waals surface area (Å²) in [6.07, 6.45) is 3.55. The number of benzene rings is 1. The summed E-state index contributed by atoms with van der Waals surface area (Å²) in [5.74, 6) is -0.138. The largest absolute Gasteiger partial charge is 0.338 e. The summed E-state index contributed by atoms with van der Waals surface area (Å²) in [6, 6.07) is 9.60. The van der Waals surface area contributed by atoms with Crippen molar-refractivity contribution >= 4 is 21.8 Å². The molecular formula is C15H15BrN4O. The number of carbonyl (C=O) groups is 1. The van der Waals surface area contributed by atoms with Crippen molar-refractivity contribution in [2.24, 2.45) is 0 Å². The molecule has 2 rings (SSSR count). The Hall–Kier alpha value is -2.13. The summed E-state index contributed by atoms with van der Waals surface area (Å²) in [4.78, 5) is 13.9. The quantitative estimate of drug-likeness (QED) is 0.854. The third kappa shape index (κ3) is 3.50.